The fourth-order valence-electron chi connectivity index (χ4n) is 1.35. The molecule has 0 aliphatic carbocycles. The Bertz CT molecular complexity index is 488. The van der Waals surface area contributed by atoms with Crippen LogP contribution >= 0.6 is 0 Å². The van der Waals surface area contributed by atoms with E-state index in [1.807, 2.05) is 0 Å². The topological polar surface area (TPSA) is 127 Å². The van der Waals surface area contributed by atoms with Crippen LogP contribution in [0.3, 0.4) is 0 Å². The lowest BCUT2D eigenvalue weighted by atomic mass is 10.1. The predicted molar refractivity (Wildman–Crippen MR) is 68.9 cm³/mol. The number of carbonyl (C=O) groups is 3. The minimum absolute atomic E-state index is 0.133. The molecule has 0 radical (unpaired) electrons. The van der Waals surface area contributed by atoms with Crippen LogP contribution in [0, 0.1) is 0 Å². The van der Waals surface area contributed by atoms with Gasteiger partial charge in [0.1, 0.15) is 0 Å². The molecular weight excluding hydrogens is 248 g/mol. The van der Waals surface area contributed by atoms with Crippen molar-refractivity contribution < 1.29 is 14.4 Å². The van der Waals surface area contributed by atoms with E-state index in [2.05, 4.69) is 10.6 Å². The molecule has 0 heterocycles. The van der Waals surface area contributed by atoms with Crippen LogP contribution in [-0.2, 0) is 16.1 Å². The third-order valence-corrected chi connectivity index (χ3v) is 2.33. The van der Waals surface area contributed by atoms with Crippen LogP contribution in [0.5, 0.6) is 0 Å². The van der Waals surface area contributed by atoms with E-state index in [9.17, 15) is 14.4 Å². The van der Waals surface area contributed by atoms with Crippen LogP contribution in [-0.4, -0.2) is 30.8 Å². The molecule has 19 heavy (non-hydrogen) atoms. The van der Waals surface area contributed by atoms with Crippen LogP contribution in [0.4, 0.5) is 0 Å². The van der Waals surface area contributed by atoms with Gasteiger partial charge in [-0.1, -0.05) is 12.1 Å². The number of carbonyl (C=O) groups excluding carboxylic acids is 3. The highest BCUT2D eigenvalue weighted by atomic mass is 16.2. The number of amides is 3. The summed E-state index contributed by atoms with van der Waals surface area (Å²) in [7, 11) is 0. The Balaban J connectivity index is 2.44. The van der Waals surface area contributed by atoms with Gasteiger partial charge in [0.05, 0.1) is 13.1 Å². The van der Waals surface area contributed by atoms with Gasteiger partial charge < -0.3 is 22.1 Å². The van der Waals surface area contributed by atoms with Gasteiger partial charge >= 0.3 is 0 Å². The van der Waals surface area contributed by atoms with E-state index in [-0.39, 0.29) is 25.5 Å². The molecule has 0 aliphatic heterocycles. The van der Waals surface area contributed by atoms with Gasteiger partial charge in [0, 0.05) is 12.1 Å². The van der Waals surface area contributed by atoms with Gasteiger partial charge in [-0.05, 0) is 17.7 Å². The summed E-state index contributed by atoms with van der Waals surface area (Å²) in [6.07, 6.45) is 0. The maximum absolute atomic E-state index is 11.4. The van der Waals surface area contributed by atoms with Crippen molar-refractivity contribution in [3.05, 3.63) is 35.4 Å². The monoisotopic (exact) mass is 264 g/mol. The van der Waals surface area contributed by atoms with Crippen LogP contribution in [0.1, 0.15) is 15.9 Å². The van der Waals surface area contributed by atoms with Gasteiger partial charge in [0.2, 0.25) is 17.7 Å². The third kappa shape index (κ3) is 5.17. The molecule has 6 N–H and O–H groups in total. The fourth-order valence-corrected chi connectivity index (χ4v) is 1.35. The van der Waals surface area contributed by atoms with Gasteiger partial charge in [-0.25, -0.2) is 0 Å². The van der Waals surface area contributed by atoms with E-state index in [1.165, 1.54) is 0 Å². The van der Waals surface area contributed by atoms with Crippen molar-refractivity contribution in [2.24, 2.45) is 11.5 Å². The van der Waals surface area contributed by atoms with E-state index < -0.39 is 11.8 Å². The lowest BCUT2D eigenvalue weighted by molar-refractivity contribution is -0.125. The first kappa shape index (κ1) is 14.7. The Labute approximate surface area is 110 Å². The van der Waals surface area contributed by atoms with E-state index in [1.54, 1.807) is 24.3 Å². The zero-order valence-corrected chi connectivity index (χ0v) is 10.3. The minimum atomic E-state index is -0.525. The molecule has 3 amide bonds. The Morgan fingerprint density at radius 1 is 1.11 bits per heavy atom. The molecule has 1 aromatic rings. The van der Waals surface area contributed by atoms with Crippen LogP contribution in [0.15, 0.2) is 24.3 Å². The van der Waals surface area contributed by atoms with Gasteiger partial charge in [0.15, 0.2) is 0 Å². The molecule has 0 saturated heterocycles. The summed E-state index contributed by atoms with van der Waals surface area (Å²) in [5.74, 6) is -1.26. The van der Waals surface area contributed by atoms with Crippen molar-refractivity contribution in [2.75, 3.05) is 13.1 Å². The maximum Gasteiger partial charge on any atom is 0.248 e. The Morgan fingerprint density at radius 3 is 2.47 bits per heavy atom. The fraction of sp³-hybridized carbons (Fsp3) is 0.250. The number of benzene rings is 1. The molecule has 0 aliphatic rings. The van der Waals surface area contributed by atoms with E-state index in [4.69, 9.17) is 11.5 Å². The second-order valence-electron chi connectivity index (χ2n) is 3.82. The Kier molecular flexibility index (Phi) is 5.49. The second-order valence-corrected chi connectivity index (χ2v) is 3.82. The first-order valence-electron chi connectivity index (χ1n) is 5.65. The molecule has 0 aromatic heterocycles. The highest BCUT2D eigenvalue weighted by Gasteiger charge is 2.05. The molecule has 0 unspecified atom stereocenters. The quantitative estimate of drug-likeness (QED) is 0.497. The first-order chi connectivity index (χ1) is 9.02. The molecular formula is C12H16N4O3. The molecule has 1 rings (SSSR count). The van der Waals surface area contributed by atoms with Crippen molar-refractivity contribution in [3.63, 3.8) is 0 Å². The largest absolute Gasteiger partial charge is 0.366 e. The minimum Gasteiger partial charge on any atom is -0.366 e. The van der Waals surface area contributed by atoms with Gasteiger partial charge in [-0.15, -0.1) is 0 Å². The average Bonchev–Trinajstić information content (AvgIpc) is 2.42. The second kappa shape index (κ2) is 7.12. The maximum atomic E-state index is 11.4. The zero-order chi connectivity index (χ0) is 14.3. The predicted octanol–water partition coefficient (Wildman–Crippen LogP) is -1.52. The van der Waals surface area contributed by atoms with Gasteiger partial charge in [-0.2, -0.15) is 0 Å². The summed E-state index contributed by atoms with van der Waals surface area (Å²) in [4.78, 5) is 33.2. The van der Waals surface area contributed by atoms with Crippen LogP contribution in [0.25, 0.3) is 0 Å². The van der Waals surface area contributed by atoms with Crippen molar-refractivity contribution in [1.29, 1.82) is 0 Å². The summed E-state index contributed by atoms with van der Waals surface area (Å²) >= 11 is 0. The van der Waals surface area contributed by atoms with E-state index in [0.29, 0.717) is 5.56 Å². The molecule has 0 fully saturated rings. The highest BCUT2D eigenvalue weighted by molar-refractivity contribution is 5.93. The van der Waals surface area contributed by atoms with E-state index >= 15 is 0 Å². The summed E-state index contributed by atoms with van der Waals surface area (Å²) in [5, 5.41) is 4.95. The average molecular weight is 264 g/mol. The van der Waals surface area contributed by atoms with Gasteiger partial charge in [0.25, 0.3) is 0 Å². The van der Waals surface area contributed by atoms with Crippen molar-refractivity contribution >= 4 is 17.7 Å². The molecule has 7 heteroatoms. The molecule has 0 bridgehead atoms. The first-order valence-corrected chi connectivity index (χ1v) is 5.65. The summed E-state index contributed by atoms with van der Waals surface area (Å²) in [6, 6.07) is 6.62. The molecule has 7 nitrogen and oxygen atoms in total. The molecule has 1 aromatic carbocycles. The number of hydrogen-bond donors (Lipinski definition) is 4. The van der Waals surface area contributed by atoms with Crippen molar-refractivity contribution in [1.82, 2.24) is 10.6 Å². The summed E-state index contributed by atoms with van der Waals surface area (Å²) < 4.78 is 0. The van der Waals surface area contributed by atoms with Crippen molar-refractivity contribution in [2.45, 2.75) is 6.54 Å². The number of rotatable bonds is 6. The highest BCUT2D eigenvalue weighted by Crippen LogP contribution is 2.04. The van der Waals surface area contributed by atoms with Crippen molar-refractivity contribution in [3.8, 4) is 0 Å². The Hall–Kier alpha value is -2.41. The molecule has 0 spiro atoms. The summed E-state index contributed by atoms with van der Waals surface area (Å²) in [5.41, 5.74) is 11.4. The molecule has 0 atom stereocenters. The Morgan fingerprint density at radius 2 is 1.84 bits per heavy atom. The lowest BCUT2D eigenvalue weighted by Gasteiger charge is -2.07. The van der Waals surface area contributed by atoms with Gasteiger partial charge in [-0.3, -0.25) is 14.4 Å². The third-order valence-electron chi connectivity index (χ3n) is 2.33. The molecule has 0 saturated carbocycles. The van der Waals surface area contributed by atoms with E-state index in [0.717, 1.165) is 5.56 Å². The lowest BCUT2D eigenvalue weighted by Crippen LogP contribution is -2.39. The smallest absolute Gasteiger partial charge is 0.248 e. The zero-order valence-electron chi connectivity index (χ0n) is 10.3. The standard InChI is InChI=1S/C12H16N4O3/c13-5-10(17)16-7-11(18)15-6-8-2-1-3-9(4-8)12(14)19/h1-4H,5-7,13H2,(H2,14,19)(H,15,18)(H,16,17). The van der Waals surface area contributed by atoms with Crippen LogP contribution < -0.4 is 22.1 Å². The number of nitrogens with one attached hydrogen (secondary N) is 2. The SMILES string of the molecule is NCC(=O)NCC(=O)NCc1cccc(C(N)=O)c1. The summed E-state index contributed by atoms with van der Waals surface area (Å²) in [6.45, 7) is -0.0437. The molecule has 102 valence electrons. The number of hydrogen-bond acceptors (Lipinski definition) is 4. The number of primary amides is 1. The number of nitrogens with two attached hydrogens (primary N) is 2. The van der Waals surface area contributed by atoms with Crippen LogP contribution in [0.2, 0.25) is 0 Å². The normalized spacial score (nSPS) is 9.74.